The molecule has 4 rings (SSSR count). The molecule has 142 valence electrons. The number of amides is 1. The van der Waals surface area contributed by atoms with Crippen molar-refractivity contribution in [3.8, 4) is 0 Å². The van der Waals surface area contributed by atoms with Crippen molar-refractivity contribution in [1.29, 1.82) is 0 Å². The van der Waals surface area contributed by atoms with Crippen molar-refractivity contribution in [2.24, 2.45) is 7.05 Å². The van der Waals surface area contributed by atoms with E-state index in [4.69, 9.17) is 0 Å². The smallest absolute Gasteiger partial charge is 0.226 e. The number of nitrogens with zero attached hydrogens (tertiary/aromatic N) is 6. The summed E-state index contributed by atoms with van der Waals surface area (Å²) in [6.45, 7) is 4.64. The van der Waals surface area contributed by atoms with Crippen molar-refractivity contribution in [3.63, 3.8) is 0 Å². The molecular weight excluding hydrogens is 362 g/mol. The molecule has 1 saturated carbocycles. The van der Waals surface area contributed by atoms with Crippen LogP contribution in [0.5, 0.6) is 0 Å². The van der Waals surface area contributed by atoms with Gasteiger partial charge in [0.1, 0.15) is 5.82 Å². The Balaban J connectivity index is 1.30. The molecule has 8 nitrogen and oxygen atoms in total. The molecule has 0 unspecified atom stereocenters. The second-order valence-corrected chi connectivity index (χ2v) is 8.52. The SMILES string of the molecule is Cc1nc(CC(=O)NC2CC(c3nnc(Cn4ccnc4)n3C)C2)c(C)s1. The number of carbonyl (C=O) groups is 1. The summed E-state index contributed by atoms with van der Waals surface area (Å²) in [5.74, 6) is 2.28. The zero-order chi connectivity index (χ0) is 19.0. The van der Waals surface area contributed by atoms with Crippen LogP contribution in [0.25, 0.3) is 0 Å². The number of hydrogen-bond acceptors (Lipinski definition) is 6. The molecule has 1 aliphatic rings. The van der Waals surface area contributed by atoms with Crippen LogP contribution in [0.15, 0.2) is 18.7 Å². The summed E-state index contributed by atoms with van der Waals surface area (Å²) in [6.07, 6.45) is 7.60. The van der Waals surface area contributed by atoms with E-state index in [1.165, 1.54) is 0 Å². The first-order valence-corrected chi connectivity index (χ1v) is 9.87. The van der Waals surface area contributed by atoms with Gasteiger partial charge in [0.25, 0.3) is 0 Å². The molecule has 1 fully saturated rings. The maximum Gasteiger partial charge on any atom is 0.226 e. The van der Waals surface area contributed by atoms with Crippen LogP contribution < -0.4 is 5.32 Å². The lowest BCUT2D eigenvalue weighted by Gasteiger charge is -2.35. The molecule has 27 heavy (non-hydrogen) atoms. The molecule has 3 heterocycles. The van der Waals surface area contributed by atoms with Crippen molar-refractivity contribution in [3.05, 3.63) is 45.9 Å². The summed E-state index contributed by atoms with van der Waals surface area (Å²) in [7, 11) is 2.00. The average molecular weight is 385 g/mol. The molecule has 3 aromatic rings. The Morgan fingerprint density at radius 2 is 2.15 bits per heavy atom. The monoisotopic (exact) mass is 385 g/mol. The molecule has 0 spiro atoms. The number of aryl methyl sites for hydroxylation is 2. The molecule has 1 N–H and O–H groups in total. The molecular formula is C18H23N7OS. The van der Waals surface area contributed by atoms with Gasteiger partial charge in [0.2, 0.25) is 5.91 Å². The van der Waals surface area contributed by atoms with Gasteiger partial charge in [-0.25, -0.2) is 9.97 Å². The second kappa shape index (κ2) is 7.22. The molecule has 0 radical (unpaired) electrons. The zero-order valence-electron chi connectivity index (χ0n) is 15.7. The molecule has 1 aliphatic carbocycles. The predicted octanol–water partition coefficient (Wildman–Crippen LogP) is 1.74. The molecule has 9 heteroatoms. The summed E-state index contributed by atoms with van der Waals surface area (Å²) in [6, 6.07) is 0.205. The summed E-state index contributed by atoms with van der Waals surface area (Å²) >= 11 is 1.64. The minimum Gasteiger partial charge on any atom is -0.353 e. The molecule has 0 atom stereocenters. The number of hydrogen-bond donors (Lipinski definition) is 1. The maximum absolute atomic E-state index is 12.3. The van der Waals surface area contributed by atoms with Crippen LogP contribution in [0.1, 0.15) is 46.0 Å². The van der Waals surface area contributed by atoms with E-state index in [0.717, 1.165) is 40.1 Å². The van der Waals surface area contributed by atoms with Crippen LogP contribution in [0, 0.1) is 13.8 Å². The van der Waals surface area contributed by atoms with Crippen LogP contribution in [0.2, 0.25) is 0 Å². The third kappa shape index (κ3) is 3.78. The quantitative estimate of drug-likeness (QED) is 0.698. The predicted molar refractivity (Wildman–Crippen MR) is 102 cm³/mol. The normalized spacial score (nSPS) is 19.1. The Kier molecular flexibility index (Phi) is 4.77. The highest BCUT2D eigenvalue weighted by atomic mass is 32.1. The number of aromatic nitrogens is 6. The van der Waals surface area contributed by atoms with Gasteiger partial charge in [-0.05, 0) is 26.7 Å². The van der Waals surface area contributed by atoms with Gasteiger partial charge in [0, 0.05) is 36.3 Å². The van der Waals surface area contributed by atoms with Crippen molar-refractivity contribution in [1.82, 2.24) is 34.6 Å². The van der Waals surface area contributed by atoms with Crippen LogP contribution in [0.4, 0.5) is 0 Å². The number of imidazole rings is 1. The standard InChI is InChI=1S/C18H23N7OS/c1-11-15(20-12(2)27-11)8-17(26)21-14-6-13(7-14)18-23-22-16(24(18)3)9-25-5-4-19-10-25/h4-5,10,13-14H,6-9H2,1-3H3,(H,21,26). The Morgan fingerprint density at radius 1 is 1.33 bits per heavy atom. The van der Waals surface area contributed by atoms with E-state index in [1.54, 1.807) is 23.9 Å². The van der Waals surface area contributed by atoms with E-state index < -0.39 is 0 Å². The Labute approximate surface area is 161 Å². The van der Waals surface area contributed by atoms with Gasteiger partial charge in [-0.2, -0.15) is 0 Å². The Bertz CT molecular complexity index is 937. The summed E-state index contributed by atoms with van der Waals surface area (Å²) in [5, 5.41) is 12.8. The van der Waals surface area contributed by atoms with Gasteiger partial charge < -0.3 is 14.5 Å². The first kappa shape index (κ1) is 17.8. The molecule has 1 amide bonds. The number of nitrogens with one attached hydrogen (secondary N) is 1. The highest BCUT2D eigenvalue weighted by Crippen LogP contribution is 2.36. The Morgan fingerprint density at radius 3 is 2.81 bits per heavy atom. The fraction of sp³-hybridized carbons (Fsp3) is 0.500. The van der Waals surface area contributed by atoms with Crippen molar-refractivity contribution < 1.29 is 4.79 Å². The molecule has 0 saturated heterocycles. The van der Waals surface area contributed by atoms with E-state index in [-0.39, 0.29) is 11.9 Å². The summed E-state index contributed by atoms with van der Waals surface area (Å²) in [4.78, 5) is 21.9. The number of carbonyl (C=O) groups excluding carboxylic acids is 1. The molecule has 0 aromatic carbocycles. The van der Waals surface area contributed by atoms with Gasteiger partial charge in [-0.15, -0.1) is 21.5 Å². The summed E-state index contributed by atoms with van der Waals surface area (Å²) < 4.78 is 4.03. The highest BCUT2D eigenvalue weighted by Gasteiger charge is 2.35. The fourth-order valence-corrected chi connectivity index (χ4v) is 4.36. The lowest BCUT2D eigenvalue weighted by molar-refractivity contribution is -0.121. The first-order valence-electron chi connectivity index (χ1n) is 9.05. The third-order valence-corrected chi connectivity index (χ3v) is 6.01. The topological polar surface area (TPSA) is 90.5 Å². The number of thiazole rings is 1. The van der Waals surface area contributed by atoms with Crippen LogP contribution in [0.3, 0.4) is 0 Å². The minimum absolute atomic E-state index is 0.0469. The molecule has 0 bridgehead atoms. The number of rotatable bonds is 6. The fourth-order valence-electron chi connectivity index (χ4n) is 3.53. The van der Waals surface area contributed by atoms with Crippen molar-refractivity contribution >= 4 is 17.2 Å². The zero-order valence-corrected chi connectivity index (χ0v) is 16.5. The maximum atomic E-state index is 12.3. The van der Waals surface area contributed by atoms with Crippen LogP contribution in [-0.4, -0.2) is 41.2 Å². The van der Waals surface area contributed by atoms with Gasteiger partial charge in [-0.1, -0.05) is 0 Å². The van der Waals surface area contributed by atoms with E-state index >= 15 is 0 Å². The van der Waals surface area contributed by atoms with E-state index in [2.05, 4.69) is 30.0 Å². The summed E-state index contributed by atoms with van der Waals surface area (Å²) in [5.41, 5.74) is 0.892. The first-order chi connectivity index (χ1) is 13.0. The average Bonchev–Trinajstić information content (AvgIpc) is 3.28. The van der Waals surface area contributed by atoms with Crippen LogP contribution >= 0.6 is 11.3 Å². The Hall–Kier alpha value is -2.55. The second-order valence-electron chi connectivity index (χ2n) is 7.11. The third-order valence-electron chi connectivity index (χ3n) is 5.08. The minimum atomic E-state index is 0.0469. The molecule has 3 aromatic heterocycles. The lowest BCUT2D eigenvalue weighted by Crippen LogP contribution is -2.44. The van der Waals surface area contributed by atoms with Crippen LogP contribution in [-0.2, 0) is 24.8 Å². The van der Waals surface area contributed by atoms with E-state index in [1.807, 2.05) is 31.7 Å². The molecule has 0 aliphatic heterocycles. The lowest BCUT2D eigenvalue weighted by atomic mass is 9.79. The van der Waals surface area contributed by atoms with Gasteiger partial charge in [-0.3, -0.25) is 4.79 Å². The van der Waals surface area contributed by atoms with E-state index in [0.29, 0.717) is 18.9 Å². The van der Waals surface area contributed by atoms with Gasteiger partial charge >= 0.3 is 0 Å². The highest BCUT2D eigenvalue weighted by molar-refractivity contribution is 7.11. The van der Waals surface area contributed by atoms with Crippen molar-refractivity contribution in [2.45, 2.75) is 51.6 Å². The van der Waals surface area contributed by atoms with Crippen molar-refractivity contribution in [2.75, 3.05) is 0 Å². The van der Waals surface area contributed by atoms with Gasteiger partial charge in [0.05, 0.1) is 30.0 Å². The largest absolute Gasteiger partial charge is 0.353 e. The van der Waals surface area contributed by atoms with E-state index in [9.17, 15) is 4.79 Å². The van der Waals surface area contributed by atoms with Gasteiger partial charge in [0.15, 0.2) is 5.82 Å².